The fourth-order valence-corrected chi connectivity index (χ4v) is 5.53. The van der Waals surface area contributed by atoms with Gasteiger partial charge < -0.3 is 9.80 Å². The van der Waals surface area contributed by atoms with Crippen molar-refractivity contribution in [3.05, 3.63) is 101 Å². The zero-order chi connectivity index (χ0) is 24.5. The van der Waals surface area contributed by atoms with E-state index in [9.17, 15) is 9.59 Å². The molecule has 3 aliphatic rings. The first-order valence-corrected chi connectivity index (χ1v) is 13.2. The van der Waals surface area contributed by atoms with Crippen LogP contribution in [0.4, 0.5) is 0 Å². The molecule has 0 N–H and O–H groups in total. The molecule has 1 saturated carbocycles. The maximum Gasteiger partial charge on any atom is 0.254 e. The van der Waals surface area contributed by atoms with Gasteiger partial charge in [-0.15, -0.1) is 0 Å². The van der Waals surface area contributed by atoms with Crippen LogP contribution < -0.4 is 0 Å². The van der Waals surface area contributed by atoms with Crippen molar-refractivity contribution in [2.75, 3.05) is 19.6 Å². The Morgan fingerprint density at radius 2 is 1.67 bits per heavy atom. The quantitative estimate of drug-likeness (QED) is 0.431. The minimum Gasteiger partial charge on any atom is -0.342 e. The number of allylic oxidation sites excluding steroid dienone is 1. The third-order valence-electron chi connectivity index (χ3n) is 7.75. The largest absolute Gasteiger partial charge is 0.342 e. The van der Waals surface area contributed by atoms with Gasteiger partial charge in [0.15, 0.2) is 0 Å². The van der Waals surface area contributed by atoms with Crippen molar-refractivity contribution in [3.8, 4) is 11.1 Å². The molecule has 1 atom stereocenters. The standard InChI is InChI=1S/C32H32N2O2/c35-31(27-14-15-27)33-18-17-24(21-33)22-34(20-23-5-2-1-3-6-23)32(36)28-12-9-26(10-13-28)30-16-11-25-7-4-8-29(25)19-30/h1-7,9-13,16,19,24,27H,8,14-15,17-18,20-22H2/t24-/m1/s1. The lowest BCUT2D eigenvalue weighted by molar-refractivity contribution is -0.131. The van der Waals surface area contributed by atoms with Crippen molar-refractivity contribution < 1.29 is 9.59 Å². The topological polar surface area (TPSA) is 40.6 Å². The highest BCUT2D eigenvalue weighted by Crippen LogP contribution is 2.33. The predicted molar refractivity (Wildman–Crippen MR) is 143 cm³/mol. The van der Waals surface area contributed by atoms with Crippen LogP contribution in [-0.4, -0.2) is 41.2 Å². The van der Waals surface area contributed by atoms with Crippen LogP contribution in [0.5, 0.6) is 0 Å². The summed E-state index contributed by atoms with van der Waals surface area (Å²) in [5.41, 5.74) is 6.79. The minimum absolute atomic E-state index is 0.0514. The highest BCUT2D eigenvalue weighted by atomic mass is 16.2. The van der Waals surface area contributed by atoms with E-state index in [1.165, 1.54) is 16.7 Å². The van der Waals surface area contributed by atoms with Gasteiger partial charge in [-0.05, 0) is 71.6 Å². The van der Waals surface area contributed by atoms with E-state index in [1.807, 2.05) is 40.1 Å². The summed E-state index contributed by atoms with van der Waals surface area (Å²) in [5.74, 6) is 0.942. The first-order chi connectivity index (χ1) is 17.6. The molecule has 2 aliphatic carbocycles. The average Bonchev–Trinajstić information content (AvgIpc) is 3.48. The first kappa shape index (κ1) is 22.8. The van der Waals surface area contributed by atoms with Gasteiger partial charge in [0.1, 0.15) is 0 Å². The van der Waals surface area contributed by atoms with Crippen molar-refractivity contribution in [1.82, 2.24) is 9.80 Å². The number of hydrogen-bond donors (Lipinski definition) is 0. The molecule has 3 aromatic carbocycles. The number of benzene rings is 3. The van der Waals surface area contributed by atoms with Crippen LogP contribution in [-0.2, 0) is 17.8 Å². The lowest BCUT2D eigenvalue weighted by atomic mass is 9.99. The maximum absolute atomic E-state index is 13.7. The summed E-state index contributed by atoms with van der Waals surface area (Å²) in [6.07, 6.45) is 8.40. The molecular formula is C32H32N2O2. The molecule has 3 aromatic rings. The summed E-state index contributed by atoms with van der Waals surface area (Å²) >= 11 is 0. The molecule has 4 nitrogen and oxygen atoms in total. The van der Waals surface area contributed by atoms with Crippen LogP contribution in [0, 0.1) is 11.8 Å². The Balaban J connectivity index is 1.18. The van der Waals surface area contributed by atoms with Crippen LogP contribution >= 0.6 is 0 Å². The molecule has 0 aromatic heterocycles. The van der Waals surface area contributed by atoms with Crippen LogP contribution in [0.1, 0.15) is 46.3 Å². The van der Waals surface area contributed by atoms with E-state index in [0.717, 1.165) is 49.9 Å². The molecule has 0 radical (unpaired) electrons. The number of amides is 2. The van der Waals surface area contributed by atoms with E-state index < -0.39 is 0 Å². The molecule has 0 spiro atoms. The van der Waals surface area contributed by atoms with E-state index in [0.29, 0.717) is 30.5 Å². The Bertz CT molecular complexity index is 1290. The van der Waals surface area contributed by atoms with Gasteiger partial charge in [-0.1, -0.05) is 72.8 Å². The number of fused-ring (bicyclic) bond motifs is 1. The van der Waals surface area contributed by atoms with Gasteiger partial charge in [-0.3, -0.25) is 9.59 Å². The van der Waals surface area contributed by atoms with Crippen molar-refractivity contribution in [1.29, 1.82) is 0 Å². The Hall–Kier alpha value is -3.66. The van der Waals surface area contributed by atoms with E-state index in [4.69, 9.17) is 0 Å². The van der Waals surface area contributed by atoms with Crippen LogP contribution in [0.3, 0.4) is 0 Å². The second kappa shape index (κ2) is 9.77. The Labute approximate surface area is 213 Å². The normalized spacial score (nSPS) is 18.3. The second-order valence-electron chi connectivity index (χ2n) is 10.5. The number of carbonyl (C=O) groups excluding carboxylic acids is 2. The van der Waals surface area contributed by atoms with Gasteiger partial charge in [-0.25, -0.2) is 0 Å². The molecule has 6 rings (SSSR count). The summed E-state index contributed by atoms with van der Waals surface area (Å²) in [4.78, 5) is 30.2. The van der Waals surface area contributed by atoms with Gasteiger partial charge in [0.05, 0.1) is 0 Å². The molecule has 1 saturated heterocycles. The summed E-state index contributed by atoms with van der Waals surface area (Å²) < 4.78 is 0. The highest BCUT2D eigenvalue weighted by Gasteiger charge is 2.37. The summed E-state index contributed by atoms with van der Waals surface area (Å²) in [5, 5.41) is 0. The molecule has 0 unspecified atom stereocenters. The van der Waals surface area contributed by atoms with E-state index >= 15 is 0 Å². The predicted octanol–water partition coefficient (Wildman–Crippen LogP) is 5.82. The summed E-state index contributed by atoms with van der Waals surface area (Å²) in [6.45, 7) is 2.83. The fraction of sp³-hybridized carbons (Fsp3) is 0.312. The fourth-order valence-electron chi connectivity index (χ4n) is 5.53. The highest BCUT2D eigenvalue weighted by molar-refractivity contribution is 5.94. The van der Waals surface area contributed by atoms with E-state index in [1.54, 1.807) is 0 Å². The van der Waals surface area contributed by atoms with Gasteiger partial charge >= 0.3 is 0 Å². The summed E-state index contributed by atoms with van der Waals surface area (Å²) in [7, 11) is 0. The molecule has 0 bridgehead atoms. The van der Waals surface area contributed by atoms with Gasteiger partial charge in [0, 0.05) is 37.7 Å². The molecule has 2 fully saturated rings. The number of likely N-dealkylation sites (tertiary alicyclic amines) is 1. The molecule has 1 aliphatic heterocycles. The van der Waals surface area contributed by atoms with Crippen molar-refractivity contribution in [2.24, 2.45) is 11.8 Å². The Morgan fingerprint density at radius 3 is 2.44 bits per heavy atom. The Kier molecular flexibility index (Phi) is 6.18. The molecular weight excluding hydrogens is 444 g/mol. The van der Waals surface area contributed by atoms with Crippen LogP contribution in [0.25, 0.3) is 17.2 Å². The number of hydrogen-bond acceptors (Lipinski definition) is 2. The maximum atomic E-state index is 13.7. The third-order valence-corrected chi connectivity index (χ3v) is 7.75. The van der Waals surface area contributed by atoms with Gasteiger partial charge in [0.25, 0.3) is 5.91 Å². The van der Waals surface area contributed by atoms with Crippen LogP contribution in [0.15, 0.2) is 78.9 Å². The van der Waals surface area contributed by atoms with Crippen molar-refractivity contribution >= 4 is 17.9 Å². The van der Waals surface area contributed by atoms with Crippen molar-refractivity contribution in [3.63, 3.8) is 0 Å². The molecule has 182 valence electrons. The zero-order valence-electron chi connectivity index (χ0n) is 20.6. The van der Waals surface area contributed by atoms with E-state index in [-0.39, 0.29) is 11.8 Å². The lowest BCUT2D eigenvalue weighted by Gasteiger charge is -2.26. The second-order valence-corrected chi connectivity index (χ2v) is 10.5. The van der Waals surface area contributed by atoms with Crippen molar-refractivity contribution in [2.45, 2.75) is 32.2 Å². The van der Waals surface area contributed by atoms with Gasteiger partial charge in [-0.2, -0.15) is 0 Å². The first-order valence-electron chi connectivity index (χ1n) is 13.2. The zero-order valence-corrected chi connectivity index (χ0v) is 20.6. The Morgan fingerprint density at radius 1 is 0.889 bits per heavy atom. The smallest absolute Gasteiger partial charge is 0.254 e. The SMILES string of the molecule is O=C(c1ccc(-c2ccc3c(c2)CC=C3)cc1)N(Cc1ccccc1)C[C@@H]1CCN(C(=O)C2CC2)C1. The van der Waals surface area contributed by atoms with Crippen LogP contribution in [0.2, 0.25) is 0 Å². The number of nitrogens with zero attached hydrogens (tertiary/aromatic N) is 2. The summed E-state index contributed by atoms with van der Waals surface area (Å²) in [6, 6.07) is 24.8. The number of rotatable bonds is 7. The monoisotopic (exact) mass is 476 g/mol. The lowest BCUT2D eigenvalue weighted by Crippen LogP contribution is -2.37. The molecule has 36 heavy (non-hydrogen) atoms. The molecule has 2 amide bonds. The van der Waals surface area contributed by atoms with Gasteiger partial charge in [0.2, 0.25) is 5.91 Å². The minimum atomic E-state index is 0.0514. The van der Waals surface area contributed by atoms with E-state index in [2.05, 4.69) is 54.6 Å². The molecule has 4 heteroatoms. The molecule has 1 heterocycles. The number of carbonyl (C=O) groups is 2. The average molecular weight is 477 g/mol. The third kappa shape index (κ3) is 4.86.